The molecule has 4 atom stereocenters. The minimum atomic E-state index is -3.44. The van der Waals surface area contributed by atoms with Gasteiger partial charge in [0.1, 0.15) is 5.82 Å². The first-order valence-corrected chi connectivity index (χ1v) is 8.86. The highest BCUT2D eigenvalue weighted by atomic mass is 35.5. The minimum absolute atomic E-state index is 0.161. The maximum absolute atomic E-state index is 13.9. The smallest absolute Gasteiger partial charge is 0.274 e. The number of benzene rings is 1. The molecule has 2 saturated carbocycles. The number of fused-ring (bicyclic) bond motifs is 2. The van der Waals surface area contributed by atoms with Crippen molar-refractivity contribution in [3.63, 3.8) is 0 Å². The average Bonchev–Trinajstić information content (AvgIpc) is 3.13. The molecule has 0 bridgehead atoms. The summed E-state index contributed by atoms with van der Waals surface area (Å²) in [6.45, 7) is 0. The van der Waals surface area contributed by atoms with Crippen LogP contribution in [-0.4, -0.2) is 16.1 Å². The lowest BCUT2D eigenvalue weighted by atomic mass is 9.89. The zero-order chi connectivity index (χ0) is 17.8. The topological polar surface area (TPSA) is 30.0 Å². The molecule has 0 unspecified atom stereocenters. The second-order valence-corrected chi connectivity index (χ2v) is 7.66. The van der Waals surface area contributed by atoms with Crippen LogP contribution in [0.25, 0.3) is 10.9 Å². The molecule has 1 aromatic heterocycles. The van der Waals surface area contributed by atoms with Crippen LogP contribution in [-0.2, 0) is 4.79 Å². The number of carbonyl (C=O) groups is 1. The molecule has 0 aliphatic heterocycles. The number of hydrogen-bond acceptors (Lipinski definition) is 2. The quantitative estimate of drug-likeness (QED) is 0.689. The van der Waals surface area contributed by atoms with Crippen LogP contribution in [0.3, 0.4) is 0 Å². The molecule has 0 spiro atoms. The third-order valence-corrected chi connectivity index (χ3v) is 6.22. The van der Waals surface area contributed by atoms with E-state index in [-0.39, 0.29) is 23.6 Å². The molecule has 2 fully saturated rings. The Bertz CT molecular complexity index is 827. The summed E-state index contributed by atoms with van der Waals surface area (Å²) in [6, 6.07) is 6.45. The van der Waals surface area contributed by atoms with Gasteiger partial charge in [-0.1, -0.05) is 0 Å². The highest BCUT2D eigenvalue weighted by Crippen LogP contribution is 2.56. The molecule has 2 aliphatic carbocycles. The summed E-state index contributed by atoms with van der Waals surface area (Å²) in [5.41, 5.74) is 1.78. The molecule has 0 amide bonds. The van der Waals surface area contributed by atoms with Gasteiger partial charge in [0.2, 0.25) is 0 Å². The predicted molar refractivity (Wildman–Crippen MR) is 89.2 cm³/mol. The van der Waals surface area contributed by atoms with Gasteiger partial charge in [0.15, 0.2) is 0 Å². The fourth-order valence-electron chi connectivity index (χ4n) is 4.82. The standard InChI is InChI=1S/C19H17ClF3NO/c20-18(25)19(22,23)13-7-10-5-12(6-11(10)8-13)15-3-4-24-17-2-1-14(21)9-16(15)17/h1-4,9-13H,5-8H2/t10-,11+,12-,13+. The van der Waals surface area contributed by atoms with E-state index in [4.69, 9.17) is 11.6 Å². The molecule has 1 heterocycles. The van der Waals surface area contributed by atoms with Crippen molar-refractivity contribution < 1.29 is 18.0 Å². The third-order valence-electron chi connectivity index (χ3n) is 5.97. The Morgan fingerprint density at radius 2 is 1.80 bits per heavy atom. The van der Waals surface area contributed by atoms with E-state index in [0.717, 1.165) is 29.3 Å². The van der Waals surface area contributed by atoms with E-state index in [1.54, 1.807) is 12.3 Å². The van der Waals surface area contributed by atoms with Gasteiger partial charge < -0.3 is 0 Å². The van der Waals surface area contributed by atoms with Crippen LogP contribution in [0.2, 0.25) is 0 Å². The van der Waals surface area contributed by atoms with Gasteiger partial charge in [-0.15, -0.1) is 0 Å². The molecule has 0 radical (unpaired) electrons. The number of carbonyl (C=O) groups excluding carboxylic acids is 1. The number of hydrogen-bond donors (Lipinski definition) is 0. The highest BCUT2D eigenvalue weighted by Gasteiger charge is 2.54. The van der Waals surface area contributed by atoms with E-state index < -0.39 is 17.1 Å². The lowest BCUT2D eigenvalue weighted by Crippen LogP contribution is -2.33. The van der Waals surface area contributed by atoms with E-state index in [0.29, 0.717) is 12.8 Å². The first-order chi connectivity index (χ1) is 11.9. The lowest BCUT2D eigenvalue weighted by Gasteiger charge is -2.21. The zero-order valence-electron chi connectivity index (χ0n) is 13.4. The van der Waals surface area contributed by atoms with Gasteiger partial charge in [0.25, 0.3) is 5.24 Å². The SMILES string of the molecule is O=C(Cl)C(F)(F)[C@H]1C[C@H]2C[C@@H](c3ccnc4ccc(F)cc34)C[C@H]2C1. The van der Waals surface area contributed by atoms with E-state index in [1.165, 1.54) is 12.1 Å². The van der Waals surface area contributed by atoms with Crippen molar-refractivity contribution in [2.75, 3.05) is 0 Å². The van der Waals surface area contributed by atoms with Crippen LogP contribution in [0.4, 0.5) is 13.2 Å². The summed E-state index contributed by atoms with van der Waals surface area (Å²) < 4.78 is 41.4. The van der Waals surface area contributed by atoms with Crippen LogP contribution in [0.15, 0.2) is 30.5 Å². The Balaban J connectivity index is 1.56. The van der Waals surface area contributed by atoms with Crippen molar-refractivity contribution in [3.05, 3.63) is 41.8 Å². The molecule has 0 N–H and O–H groups in total. The van der Waals surface area contributed by atoms with Crippen molar-refractivity contribution in [3.8, 4) is 0 Å². The second kappa shape index (κ2) is 5.97. The van der Waals surface area contributed by atoms with E-state index in [9.17, 15) is 18.0 Å². The zero-order valence-corrected chi connectivity index (χ0v) is 14.1. The van der Waals surface area contributed by atoms with Crippen LogP contribution in [0.5, 0.6) is 0 Å². The van der Waals surface area contributed by atoms with Crippen LogP contribution in [0.1, 0.15) is 37.2 Å². The maximum Gasteiger partial charge on any atom is 0.322 e. The molecule has 0 saturated heterocycles. The molecule has 6 heteroatoms. The highest BCUT2D eigenvalue weighted by molar-refractivity contribution is 6.65. The largest absolute Gasteiger partial charge is 0.322 e. The maximum atomic E-state index is 13.9. The minimum Gasteiger partial charge on any atom is -0.274 e. The van der Waals surface area contributed by atoms with Crippen molar-refractivity contribution in [1.29, 1.82) is 0 Å². The van der Waals surface area contributed by atoms with Gasteiger partial charge in [-0.25, -0.2) is 4.39 Å². The molecular weight excluding hydrogens is 351 g/mol. The number of nitrogens with zero attached hydrogens (tertiary/aromatic N) is 1. The molecule has 25 heavy (non-hydrogen) atoms. The van der Waals surface area contributed by atoms with Crippen LogP contribution in [0, 0.1) is 23.6 Å². The summed E-state index contributed by atoms with van der Waals surface area (Å²) in [7, 11) is 0. The van der Waals surface area contributed by atoms with Crippen molar-refractivity contribution in [2.45, 2.75) is 37.5 Å². The normalized spacial score (nSPS) is 29.1. The second-order valence-electron chi connectivity index (χ2n) is 7.32. The number of pyridine rings is 1. The summed E-state index contributed by atoms with van der Waals surface area (Å²) in [5, 5.41) is -0.755. The third kappa shape index (κ3) is 2.82. The number of alkyl halides is 2. The molecule has 2 aromatic rings. The van der Waals surface area contributed by atoms with E-state index in [2.05, 4.69) is 4.98 Å². The molecule has 2 nitrogen and oxygen atoms in total. The number of halogens is 4. The van der Waals surface area contributed by atoms with Crippen molar-refractivity contribution in [2.24, 2.45) is 17.8 Å². The Kier molecular flexibility index (Phi) is 4.02. The molecule has 4 rings (SSSR count). The Morgan fingerprint density at radius 3 is 2.44 bits per heavy atom. The summed E-state index contributed by atoms with van der Waals surface area (Å²) >= 11 is 5.08. The lowest BCUT2D eigenvalue weighted by molar-refractivity contribution is -0.142. The van der Waals surface area contributed by atoms with Gasteiger partial charge >= 0.3 is 5.92 Å². The van der Waals surface area contributed by atoms with E-state index >= 15 is 0 Å². The monoisotopic (exact) mass is 367 g/mol. The summed E-state index contributed by atoms with van der Waals surface area (Å²) in [4.78, 5) is 15.3. The van der Waals surface area contributed by atoms with Crippen molar-refractivity contribution >= 4 is 27.7 Å². The molecule has 1 aromatic carbocycles. The molecule has 132 valence electrons. The predicted octanol–water partition coefficient (Wildman–Crippen LogP) is 5.29. The van der Waals surface area contributed by atoms with Gasteiger partial charge in [-0.3, -0.25) is 9.78 Å². The molecular formula is C19H17ClF3NO. The van der Waals surface area contributed by atoms with Crippen molar-refractivity contribution in [1.82, 2.24) is 4.98 Å². The first-order valence-electron chi connectivity index (χ1n) is 8.48. The Labute approximate surface area is 148 Å². The van der Waals surface area contributed by atoms with E-state index in [1.807, 2.05) is 6.07 Å². The summed E-state index contributed by atoms with van der Waals surface area (Å²) in [6.07, 6.45) is 3.92. The fourth-order valence-corrected chi connectivity index (χ4v) is 4.98. The summed E-state index contributed by atoms with van der Waals surface area (Å²) in [5.74, 6) is -4.17. The fraction of sp³-hybridized carbons (Fsp3) is 0.474. The van der Waals surface area contributed by atoms with Crippen LogP contribution < -0.4 is 0 Å². The van der Waals surface area contributed by atoms with Crippen LogP contribution >= 0.6 is 11.6 Å². The Morgan fingerprint density at radius 1 is 1.12 bits per heavy atom. The Hall–Kier alpha value is -1.62. The first kappa shape index (κ1) is 16.8. The number of rotatable bonds is 3. The molecule has 2 aliphatic rings. The van der Waals surface area contributed by atoms with Gasteiger partial charge in [0, 0.05) is 17.5 Å². The van der Waals surface area contributed by atoms with Gasteiger partial charge in [-0.2, -0.15) is 8.78 Å². The number of aromatic nitrogens is 1. The van der Waals surface area contributed by atoms with Gasteiger partial charge in [0.05, 0.1) is 5.52 Å². The average molecular weight is 368 g/mol. The van der Waals surface area contributed by atoms with Gasteiger partial charge in [-0.05, 0) is 84.9 Å².